The number of hydrogen-bond donors (Lipinski definition) is 2. The van der Waals surface area contributed by atoms with E-state index >= 15 is 0 Å². The van der Waals surface area contributed by atoms with E-state index in [2.05, 4.69) is 4.72 Å². The summed E-state index contributed by atoms with van der Waals surface area (Å²) in [6, 6.07) is 3.98. The third-order valence-corrected chi connectivity index (χ3v) is 5.34. The minimum absolute atomic E-state index is 0.0631. The molecule has 1 aromatic rings. The van der Waals surface area contributed by atoms with E-state index in [0.29, 0.717) is 18.4 Å². The molecule has 4 nitrogen and oxygen atoms in total. The standard InChI is InChI=1S/C12H15FN2O2S2/c13-10-7-8(12(14)18)5-6-11(10)15-19(16,17)9-3-1-2-4-9/h5-7,9,15H,1-4H2,(H2,14,18). The zero-order valence-electron chi connectivity index (χ0n) is 10.2. The first kappa shape index (κ1) is 14.2. The van der Waals surface area contributed by atoms with E-state index in [0.717, 1.165) is 18.9 Å². The van der Waals surface area contributed by atoms with Gasteiger partial charge in [0.15, 0.2) is 0 Å². The van der Waals surface area contributed by atoms with Crippen LogP contribution in [0, 0.1) is 5.82 Å². The van der Waals surface area contributed by atoms with Crippen LogP contribution in [0.1, 0.15) is 31.2 Å². The number of nitrogens with two attached hydrogens (primary N) is 1. The minimum Gasteiger partial charge on any atom is -0.389 e. The monoisotopic (exact) mass is 302 g/mol. The van der Waals surface area contributed by atoms with Crippen LogP contribution < -0.4 is 10.5 Å². The highest BCUT2D eigenvalue weighted by atomic mass is 32.2. The van der Waals surface area contributed by atoms with Gasteiger partial charge >= 0.3 is 0 Å². The van der Waals surface area contributed by atoms with Crippen molar-refractivity contribution in [2.45, 2.75) is 30.9 Å². The Bertz CT molecular complexity index is 596. The van der Waals surface area contributed by atoms with E-state index in [1.54, 1.807) is 0 Å². The fourth-order valence-electron chi connectivity index (χ4n) is 2.19. The molecule has 0 radical (unpaired) electrons. The molecule has 1 aromatic carbocycles. The maximum atomic E-state index is 13.8. The highest BCUT2D eigenvalue weighted by molar-refractivity contribution is 7.93. The number of anilines is 1. The van der Waals surface area contributed by atoms with Crippen LogP contribution in [0.15, 0.2) is 18.2 Å². The predicted molar refractivity (Wildman–Crippen MR) is 77.1 cm³/mol. The summed E-state index contributed by atoms with van der Waals surface area (Å²) in [5.41, 5.74) is 5.69. The molecule has 0 saturated heterocycles. The first-order valence-electron chi connectivity index (χ1n) is 6.01. The minimum atomic E-state index is -3.52. The second-order valence-corrected chi connectivity index (χ2v) is 7.01. The van der Waals surface area contributed by atoms with Crippen molar-refractivity contribution in [3.63, 3.8) is 0 Å². The molecule has 2 rings (SSSR count). The Balaban J connectivity index is 2.21. The zero-order chi connectivity index (χ0) is 14.0. The number of halogens is 1. The number of hydrogen-bond acceptors (Lipinski definition) is 3. The van der Waals surface area contributed by atoms with Gasteiger partial charge in [-0.25, -0.2) is 12.8 Å². The maximum Gasteiger partial charge on any atom is 0.235 e. The Kier molecular flexibility index (Phi) is 4.05. The molecule has 1 aliphatic carbocycles. The van der Waals surface area contributed by atoms with E-state index in [4.69, 9.17) is 18.0 Å². The summed E-state index contributed by atoms with van der Waals surface area (Å²) in [4.78, 5) is 0.0732. The molecule has 0 unspecified atom stereocenters. The Morgan fingerprint density at radius 1 is 1.37 bits per heavy atom. The molecule has 0 spiro atoms. The summed E-state index contributed by atoms with van der Waals surface area (Å²) in [6.07, 6.45) is 3.05. The molecular formula is C12H15FN2O2S2. The zero-order valence-corrected chi connectivity index (χ0v) is 11.9. The van der Waals surface area contributed by atoms with Crippen molar-refractivity contribution in [2.75, 3.05) is 4.72 Å². The molecule has 3 N–H and O–H groups in total. The summed E-state index contributed by atoms with van der Waals surface area (Å²) in [5, 5.41) is -0.429. The molecule has 7 heteroatoms. The number of rotatable bonds is 4. The second-order valence-electron chi connectivity index (χ2n) is 4.61. The molecule has 0 aromatic heterocycles. The van der Waals surface area contributed by atoms with E-state index in [-0.39, 0.29) is 10.7 Å². The molecule has 0 amide bonds. The van der Waals surface area contributed by atoms with Gasteiger partial charge in [0, 0.05) is 5.56 Å². The molecular weight excluding hydrogens is 287 g/mol. The van der Waals surface area contributed by atoms with Crippen LogP contribution in [0.4, 0.5) is 10.1 Å². The lowest BCUT2D eigenvalue weighted by Gasteiger charge is -2.14. The largest absolute Gasteiger partial charge is 0.389 e. The van der Waals surface area contributed by atoms with Crippen LogP contribution in [0.3, 0.4) is 0 Å². The maximum absolute atomic E-state index is 13.8. The summed E-state index contributed by atoms with van der Waals surface area (Å²) in [5.74, 6) is -0.674. The number of benzene rings is 1. The molecule has 104 valence electrons. The molecule has 0 heterocycles. The Morgan fingerprint density at radius 3 is 2.53 bits per heavy atom. The van der Waals surface area contributed by atoms with Crippen molar-refractivity contribution in [1.82, 2.24) is 0 Å². The lowest BCUT2D eigenvalue weighted by Crippen LogP contribution is -2.25. The predicted octanol–water partition coefficient (Wildman–Crippen LogP) is 2.14. The Morgan fingerprint density at radius 2 is 2.00 bits per heavy atom. The van der Waals surface area contributed by atoms with Crippen molar-refractivity contribution >= 4 is 32.9 Å². The second kappa shape index (κ2) is 5.42. The number of sulfonamides is 1. The van der Waals surface area contributed by atoms with Gasteiger partial charge in [-0.2, -0.15) is 0 Å². The molecule has 0 aliphatic heterocycles. The van der Waals surface area contributed by atoms with Crippen LogP contribution >= 0.6 is 12.2 Å². The number of thiocarbonyl (C=S) groups is 1. The van der Waals surface area contributed by atoms with E-state index < -0.39 is 21.1 Å². The van der Waals surface area contributed by atoms with Gasteiger partial charge in [0.25, 0.3) is 0 Å². The van der Waals surface area contributed by atoms with E-state index in [9.17, 15) is 12.8 Å². The summed E-state index contributed by atoms with van der Waals surface area (Å²) in [7, 11) is -3.52. The van der Waals surface area contributed by atoms with E-state index in [1.165, 1.54) is 12.1 Å². The van der Waals surface area contributed by atoms with Crippen LogP contribution in [0.25, 0.3) is 0 Å². The van der Waals surface area contributed by atoms with Gasteiger partial charge in [0.1, 0.15) is 10.8 Å². The molecule has 19 heavy (non-hydrogen) atoms. The van der Waals surface area contributed by atoms with Gasteiger partial charge in [-0.3, -0.25) is 4.72 Å². The fourth-order valence-corrected chi connectivity index (χ4v) is 3.91. The van der Waals surface area contributed by atoms with Crippen molar-refractivity contribution < 1.29 is 12.8 Å². The van der Waals surface area contributed by atoms with Gasteiger partial charge in [-0.1, -0.05) is 25.1 Å². The highest BCUT2D eigenvalue weighted by Gasteiger charge is 2.29. The molecule has 0 atom stereocenters. The van der Waals surface area contributed by atoms with Crippen molar-refractivity contribution in [1.29, 1.82) is 0 Å². The molecule has 1 saturated carbocycles. The average Bonchev–Trinajstić information content (AvgIpc) is 2.85. The summed E-state index contributed by atoms with van der Waals surface area (Å²) in [6.45, 7) is 0. The molecule has 1 fully saturated rings. The van der Waals surface area contributed by atoms with Gasteiger partial charge in [0.2, 0.25) is 10.0 Å². The van der Waals surface area contributed by atoms with Crippen LogP contribution in [0.5, 0.6) is 0 Å². The third kappa shape index (κ3) is 3.22. The lowest BCUT2D eigenvalue weighted by molar-refractivity contribution is 0.583. The Hall–Kier alpha value is -1.21. The Labute approximate surface area is 117 Å². The van der Waals surface area contributed by atoms with Crippen LogP contribution in [0.2, 0.25) is 0 Å². The van der Waals surface area contributed by atoms with Crippen LogP contribution in [-0.4, -0.2) is 18.7 Å². The lowest BCUT2D eigenvalue weighted by atomic mass is 10.2. The highest BCUT2D eigenvalue weighted by Crippen LogP contribution is 2.27. The molecule has 0 bridgehead atoms. The van der Waals surface area contributed by atoms with Gasteiger partial charge < -0.3 is 5.73 Å². The first-order valence-corrected chi connectivity index (χ1v) is 7.96. The normalized spacial score (nSPS) is 16.5. The average molecular weight is 302 g/mol. The van der Waals surface area contributed by atoms with Crippen molar-refractivity contribution in [2.24, 2.45) is 5.73 Å². The third-order valence-electron chi connectivity index (χ3n) is 3.25. The quantitative estimate of drug-likeness (QED) is 0.836. The van der Waals surface area contributed by atoms with Gasteiger partial charge in [-0.05, 0) is 31.0 Å². The number of nitrogens with one attached hydrogen (secondary N) is 1. The SMILES string of the molecule is NC(=S)c1ccc(NS(=O)(=O)C2CCCC2)c(F)c1. The summed E-state index contributed by atoms with van der Waals surface area (Å²) < 4.78 is 40.2. The summed E-state index contributed by atoms with van der Waals surface area (Å²) >= 11 is 4.73. The fraction of sp³-hybridized carbons (Fsp3) is 0.417. The van der Waals surface area contributed by atoms with Gasteiger partial charge in [-0.15, -0.1) is 0 Å². The van der Waals surface area contributed by atoms with Gasteiger partial charge in [0.05, 0.1) is 10.9 Å². The van der Waals surface area contributed by atoms with E-state index in [1.807, 2.05) is 0 Å². The van der Waals surface area contributed by atoms with Crippen molar-refractivity contribution in [3.05, 3.63) is 29.6 Å². The van der Waals surface area contributed by atoms with Crippen LogP contribution in [-0.2, 0) is 10.0 Å². The first-order chi connectivity index (χ1) is 8.90. The smallest absolute Gasteiger partial charge is 0.235 e. The molecule has 1 aliphatic rings. The van der Waals surface area contributed by atoms with Crippen molar-refractivity contribution in [3.8, 4) is 0 Å². The topological polar surface area (TPSA) is 72.2 Å².